The minimum atomic E-state index is -4.40. The smallest absolute Gasteiger partial charge is 0.365 e. The lowest BCUT2D eigenvalue weighted by Crippen LogP contribution is -2.12. The van der Waals surface area contributed by atoms with E-state index in [0.717, 1.165) is 6.07 Å². The fraction of sp³-hybridized carbons (Fsp3) is 0.125. The third-order valence-electron chi connectivity index (χ3n) is 3.34. The topological polar surface area (TPSA) is 37.8 Å². The summed E-state index contributed by atoms with van der Waals surface area (Å²) in [6.45, 7) is -0.0208. The van der Waals surface area contributed by atoms with E-state index < -0.39 is 11.7 Å². The van der Waals surface area contributed by atoms with Crippen molar-refractivity contribution in [2.75, 3.05) is 5.32 Å². The van der Waals surface area contributed by atoms with Gasteiger partial charge < -0.3 is 5.32 Å². The van der Waals surface area contributed by atoms with Gasteiger partial charge in [0.05, 0.1) is 11.1 Å². The molecule has 1 heterocycles. The average Bonchev–Trinajstić information content (AvgIpc) is 2.52. The number of halogens is 4. The number of nitrogens with zero attached hydrogens (tertiary/aromatic N) is 2. The Bertz CT molecular complexity index is 849. The maximum Gasteiger partial charge on any atom is 0.416 e. The summed E-state index contributed by atoms with van der Waals surface area (Å²) in [5, 5.41) is 3.65. The van der Waals surface area contributed by atoms with Crippen LogP contribution in [0.25, 0.3) is 10.9 Å². The number of aromatic nitrogens is 2. The van der Waals surface area contributed by atoms with Crippen molar-refractivity contribution in [1.82, 2.24) is 9.97 Å². The molecule has 0 atom stereocenters. The Hall–Kier alpha value is -2.34. The maximum absolute atomic E-state index is 13.0. The third-order valence-corrected chi connectivity index (χ3v) is 3.51. The Morgan fingerprint density at radius 1 is 0.957 bits per heavy atom. The molecule has 0 fully saturated rings. The molecule has 0 aliphatic carbocycles. The number of benzene rings is 2. The van der Waals surface area contributed by atoms with Crippen LogP contribution < -0.4 is 5.32 Å². The number of rotatable bonds is 3. The zero-order valence-corrected chi connectivity index (χ0v) is 12.5. The molecule has 0 radical (unpaired) electrons. The third kappa shape index (κ3) is 3.37. The van der Waals surface area contributed by atoms with Gasteiger partial charge in [0, 0.05) is 11.9 Å². The number of fused-ring (bicyclic) bond motifs is 1. The van der Waals surface area contributed by atoms with Crippen molar-refractivity contribution in [2.45, 2.75) is 12.7 Å². The molecule has 0 saturated carbocycles. The van der Waals surface area contributed by atoms with Crippen LogP contribution >= 0.6 is 11.6 Å². The lowest BCUT2D eigenvalue weighted by Gasteiger charge is -2.14. The van der Waals surface area contributed by atoms with Gasteiger partial charge in [0.2, 0.25) is 5.28 Å². The zero-order chi connectivity index (χ0) is 16.4. The maximum atomic E-state index is 13.0. The second-order valence-corrected chi connectivity index (χ2v) is 5.20. The minimum Gasteiger partial charge on any atom is -0.365 e. The highest BCUT2D eigenvalue weighted by molar-refractivity contribution is 6.28. The van der Waals surface area contributed by atoms with E-state index in [1.165, 1.54) is 12.1 Å². The van der Waals surface area contributed by atoms with E-state index in [1.807, 2.05) is 0 Å². The lowest BCUT2D eigenvalue weighted by atomic mass is 10.1. The van der Waals surface area contributed by atoms with Gasteiger partial charge in [0.25, 0.3) is 0 Å². The quantitative estimate of drug-likeness (QED) is 0.690. The Morgan fingerprint density at radius 2 is 1.65 bits per heavy atom. The highest BCUT2D eigenvalue weighted by Gasteiger charge is 2.32. The Balaban J connectivity index is 1.93. The van der Waals surface area contributed by atoms with Gasteiger partial charge in [-0.3, -0.25) is 0 Å². The van der Waals surface area contributed by atoms with Gasteiger partial charge in [-0.2, -0.15) is 13.2 Å². The summed E-state index contributed by atoms with van der Waals surface area (Å²) in [7, 11) is 0. The van der Waals surface area contributed by atoms with Crippen LogP contribution in [0.2, 0.25) is 5.28 Å². The molecule has 1 aromatic heterocycles. The molecule has 0 saturated heterocycles. The molecule has 0 aliphatic heterocycles. The van der Waals surface area contributed by atoms with Crippen molar-refractivity contribution >= 4 is 28.3 Å². The predicted octanol–water partition coefficient (Wildman–Crippen LogP) is 4.91. The van der Waals surface area contributed by atoms with E-state index in [1.54, 1.807) is 30.3 Å². The molecule has 2 aromatic carbocycles. The fourth-order valence-electron chi connectivity index (χ4n) is 2.31. The minimum absolute atomic E-state index is 0.0208. The van der Waals surface area contributed by atoms with Gasteiger partial charge in [0.15, 0.2) is 0 Å². The first-order valence-electron chi connectivity index (χ1n) is 6.76. The summed E-state index contributed by atoms with van der Waals surface area (Å²) in [5.74, 6) is 0.401. The average molecular weight is 338 g/mol. The van der Waals surface area contributed by atoms with Crippen LogP contribution in [0.1, 0.15) is 11.1 Å². The van der Waals surface area contributed by atoms with Crippen LogP contribution in [-0.2, 0) is 12.7 Å². The molecule has 3 aromatic rings. The van der Waals surface area contributed by atoms with Gasteiger partial charge in [-0.15, -0.1) is 0 Å². The van der Waals surface area contributed by atoms with Gasteiger partial charge in [-0.05, 0) is 35.4 Å². The number of hydrogen-bond acceptors (Lipinski definition) is 3. The molecule has 23 heavy (non-hydrogen) atoms. The summed E-state index contributed by atoms with van der Waals surface area (Å²) in [6.07, 6.45) is -4.40. The van der Waals surface area contributed by atoms with E-state index in [0.29, 0.717) is 16.7 Å². The van der Waals surface area contributed by atoms with Crippen molar-refractivity contribution in [2.24, 2.45) is 0 Å². The molecule has 0 amide bonds. The molecule has 118 valence electrons. The zero-order valence-electron chi connectivity index (χ0n) is 11.7. The predicted molar refractivity (Wildman–Crippen MR) is 83.3 cm³/mol. The van der Waals surface area contributed by atoms with Gasteiger partial charge in [0.1, 0.15) is 5.82 Å². The normalized spacial score (nSPS) is 11.7. The summed E-state index contributed by atoms with van der Waals surface area (Å²) in [4.78, 5) is 8.15. The van der Waals surface area contributed by atoms with Crippen LogP contribution in [-0.4, -0.2) is 9.97 Å². The van der Waals surface area contributed by atoms with Crippen LogP contribution in [0.4, 0.5) is 19.0 Å². The summed E-state index contributed by atoms with van der Waals surface area (Å²) in [5.41, 5.74) is 0.0925. The Labute approximate surface area is 135 Å². The van der Waals surface area contributed by atoms with E-state index in [-0.39, 0.29) is 17.4 Å². The molecular formula is C16H11ClF3N3. The Morgan fingerprint density at radius 3 is 2.43 bits per heavy atom. The van der Waals surface area contributed by atoms with Gasteiger partial charge in [-0.1, -0.05) is 30.3 Å². The molecule has 0 aliphatic rings. The lowest BCUT2D eigenvalue weighted by molar-refractivity contribution is -0.138. The fourth-order valence-corrected chi connectivity index (χ4v) is 2.49. The molecule has 3 rings (SSSR count). The first-order chi connectivity index (χ1) is 10.9. The largest absolute Gasteiger partial charge is 0.416 e. The van der Waals surface area contributed by atoms with Gasteiger partial charge in [-0.25, -0.2) is 9.97 Å². The SMILES string of the molecule is FC(F)(F)c1ccccc1CNc1nc(Cl)nc2ccccc12. The Kier molecular flexibility index (Phi) is 4.09. The molecule has 0 spiro atoms. The van der Waals surface area contributed by atoms with Crippen molar-refractivity contribution in [1.29, 1.82) is 0 Å². The van der Waals surface area contributed by atoms with Crippen LogP contribution in [0.15, 0.2) is 48.5 Å². The van der Waals surface area contributed by atoms with Crippen LogP contribution in [0.5, 0.6) is 0 Å². The molecule has 0 bridgehead atoms. The summed E-state index contributed by atoms with van der Waals surface area (Å²) < 4.78 is 39.1. The summed E-state index contributed by atoms with van der Waals surface area (Å²) in [6, 6.07) is 12.6. The van der Waals surface area contributed by atoms with Crippen molar-refractivity contribution in [3.8, 4) is 0 Å². The molecular weight excluding hydrogens is 327 g/mol. The van der Waals surface area contributed by atoms with Crippen molar-refractivity contribution in [3.63, 3.8) is 0 Å². The molecule has 0 unspecified atom stereocenters. The first kappa shape index (κ1) is 15.6. The van der Waals surface area contributed by atoms with Crippen LogP contribution in [0.3, 0.4) is 0 Å². The first-order valence-corrected chi connectivity index (χ1v) is 7.14. The van der Waals surface area contributed by atoms with Crippen molar-refractivity contribution in [3.05, 3.63) is 64.9 Å². The van der Waals surface area contributed by atoms with Crippen LogP contribution in [0, 0.1) is 0 Å². The summed E-state index contributed by atoms with van der Waals surface area (Å²) >= 11 is 5.87. The number of alkyl halides is 3. The number of hydrogen-bond donors (Lipinski definition) is 1. The second kappa shape index (κ2) is 6.04. The standard InChI is InChI=1S/C16H11ClF3N3/c17-15-22-13-8-4-2-6-11(13)14(23-15)21-9-10-5-1-3-7-12(10)16(18,19)20/h1-8H,9H2,(H,21,22,23). The molecule has 3 nitrogen and oxygen atoms in total. The van der Waals surface area contributed by atoms with Gasteiger partial charge >= 0.3 is 6.18 Å². The molecule has 7 heteroatoms. The monoisotopic (exact) mass is 337 g/mol. The number of anilines is 1. The number of para-hydroxylation sites is 1. The second-order valence-electron chi connectivity index (χ2n) is 4.87. The molecule has 1 N–H and O–H groups in total. The highest BCUT2D eigenvalue weighted by Crippen LogP contribution is 2.32. The number of nitrogens with one attached hydrogen (secondary N) is 1. The highest BCUT2D eigenvalue weighted by atomic mass is 35.5. The van der Waals surface area contributed by atoms with E-state index >= 15 is 0 Å². The van der Waals surface area contributed by atoms with Crippen molar-refractivity contribution < 1.29 is 13.2 Å². The van der Waals surface area contributed by atoms with E-state index in [2.05, 4.69) is 15.3 Å². The van der Waals surface area contributed by atoms with E-state index in [9.17, 15) is 13.2 Å². The van der Waals surface area contributed by atoms with E-state index in [4.69, 9.17) is 11.6 Å².